The van der Waals surface area contributed by atoms with Crippen LogP contribution in [-0.2, 0) is 6.54 Å². The maximum Gasteiger partial charge on any atom is 0.181 e. The Bertz CT molecular complexity index is 306. The SMILES string of the molecule is CCCC(Cn1ccc(=O)cc1)NCC. The van der Waals surface area contributed by atoms with Gasteiger partial charge in [0.2, 0.25) is 0 Å². The van der Waals surface area contributed by atoms with E-state index < -0.39 is 0 Å². The summed E-state index contributed by atoms with van der Waals surface area (Å²) in [4.78, 5) is 10.9. The molecule has 0 aromatic carbocycles. The van der Waals surface area contributed by atoms with Gasteiger partial charge in [0.1, 0.15) is 0 Å². The number of aromatic nitrogens is 1. The molecule has 15 heavy (non-hydrogen) atoms. The van der Waals surface area contributed by atoms with Crippen LogP contribution in [0.4, 0.5) is 0 Å². The second kappa shape index (κ2) is 6.40. The lowest BCUT2D eigenvalue weighted by Crippen LogP contribution is -2.33. The molecule has 0 spiro atoms. The van der Waals surface area contributed by atoms with Crippen LogP contribution in [0.3, 0.4) is 0 Å². The maximum atomic E-state index is 10.9. The van der Waals surface area contributed by atoms with Crippen LogP contribution in [0, 0.1) is 0 Å². The second-order valence-corrected chi connectivity index (χ2v) is 3.77. The zero-order valence-electron chi connectivity index (χ0n) is 9.57. The molecule has 1 rings (SSSR count). The van der Waals surface area contributed by atoms with E-state index in [0.717, 1.165) is 13.1 Å². The first-order valence-corrected chi connectivity index (χ1v) is 5.65. The van der Waals surface area contributed by atoms with Gasteiger partial charge in [-0.15, -0.1) is 0 Å². The zero-order chi connectivity index (χ0) is 11.1. The molecule has 0 aliphatic carbocycles. The number of hydrogen-bond acceptors (Lipinski definition) is 2. The van der Waals surface area contributed by atoms with Gasteiger partial charge in [-0.25, -0.2) is 0 Å². The van der Waals surface area contributed by atoms with Gasteiger partial charge < -0.3 is 9.88 Å². The minimum atomic E-state index is 0.0711. The van der Waals surface area contributed by atoms with Gasteiger partial charge in [-0.3, -0.25) is 4.79 Å². The van der Waals surface area contributed by atoms with Gasteiger partial charge in [0.15, 0.2) is 5.43 Å². The topological polar surface area (TPSA) is 34.0 Å². The number of likely N-dealkylation sites (N-methyl/N-ethyl adjacent to an activating group) is 1. The average molecular weight is 208 g/mol. The van der Waals surface area contributed by atoms with Crippen molar-refractivity contribution < 1.29 is 0 Å². The first-order valence-electron chi connectivity index (χ1n) is 5.65. The van der Waals surface area contributed by atoms with Crippen LogP contribution in [0.2, 0.25) is 0 Å². The highest BCUT2D eigenvalue weighted by atomic mass is 16.1. The Kier molecular flexibility index (Phi) is 5.12. The standard InChI is InChI=1S/C12H20N2O/c1-3-5-11(13-4-2)10-14-8-6-12(15)7-9-14/h6-9,11,13H,3-5,10H2,1-2H3. The smallest absolute Gasteiger partial charge is 0.181 e. The van der Waals surface area contributed by atoms with Crippen molar-refractivity contribution in [2.24, 2.45) is 0 Å². The number of nitrogens with zero attached hydrogens (tertiary/aromatic N) is 1. The largest absolute Gasteiger partial charge is 0.352 e. The van der Waals surface area contributed by atoms with Crippen molar-refractivity contribution in [1.82, 2.24) is 9.88 Å². The van der Waals surface area contributed by atoms with Crippen LogP contribution in [0.1, 0.15) is 26.7 Å². The molecule has 1 aromatic heterocycles. The maximum absolute atomic E-state index is 10.9. The lowest BCUT2D eigenvalue weighted by molar-refractivity contribution is 0.428. The van der Waals surface area contributed by atoms with E-state index in [9.17, 15) is 4.79 Å². The zero-order valence-corrected chi connectivity index (χ0v) is 9.57. The molecular weight excluding hydrogens is 188 g/mol. The van der Waals surface area contributed by atoms with Crippen molar-refractivity contribution >= 4 is 0 Å². The van der Waals surface area contributed by atoms with Crippen molar-refractivity contribution in [3.05, 3.63) is 34.7 Å². The van der Waals surface area contributed by atoms with Gasteiger partial charge in [0.05, 0.1) is 0 Å². The molecule has 0 fully saturated rings. The Morgan fingerprint density at radius 1 is 1.33 bits per heavy atom. The first kappa shape index (κ1) is 12.0. The predicted octanol–water partition coefficient (Wildman–Crippen LogP) is 1.63. The Labute approximate surface area is 91.1 Å². The van der Waals surface area contributed by atoms with E-state index in [-0.39, 0.29) is 5.43 Å². The summed E-state index contributed by atoms with van der Waals surface area (Å²) in [6, 6.07) is 3.71. The van der Waals surface area contributed by atoms with Gasteiger partial charge in [-0.1, -0.05) is 20.3 Å². The third-order valence-electron chi connectivity index (χ3n) is 2.42. The van der Waals surface area contributed by atoms with Gasteiger partial charge in [-0.05, 0) is 13.0 Å². The molecule has 1 aromatic rings. The summed E-state index contributed by atoms with van der Waals surface area (Å²) >= 11 is 0. The first-order chi connectivity index (χ1) is 7.26. The lowest BCUT2D eigenvalue weighted by Gasteiger charge is -2.18. The minimum absolute atomic E-state index is 0.0711. The van der Waals surface area contributed by atoms with Gasteiger partial charge in [-0.2, -0.15) is 0 Å². The second-order valence-electron chi connectivity index (χ2n) is 3.77. The summed E-state index contributed by atoms with van der Waals surface area (Å²) in [5, 5.41) is 3.45. The predicted molar refractivity (Wildman–Crippen MR) is 63.1 cm³/mol. The van der Waals surface area contributed by atoms with E-state index in [0.29, 0.717) is 6.04 Å². The molecule has 0 bridgehead atoms. The van der Waals surface area contributed by atoms with E-state index in [1.165, 1.54) is 12.8 Å². The third-order valence-corrected chi connectivity index (χ3v) is 2.42. The monoisotopic (exact) mass is 208 g/mol. The highest BCUT2D eigenvalue weighted by Crippen LogP contribution is 2.00. The lowest BCUT2D eigenvalue weighted by atomic mass is 10.1. The quantitative estimate of drug-likeness (QED) is 0.771. The molecule has 0 radical (unpaired) electrons. The highest BCUT2D eigenvalue weighted by molar-refractivity contribution is 4.94. The fraction of sp³-hybridized carbons (Fsp3) is 0.583. The number of nitrogens with one attached hydrogen (secondary N) is 1. The van der Waals surface area contributed by atoms with Crippen LogP contribution in [-0.4, -0.2) is 17.2 Å². The summed E-state index contributed by atoms with van der Waals surface area (Å²) in [6.45, 7) is 6.23. The molecule has 1 heterocycles. The van der Waals surface area contributed by atoms with Crippen LogP contribution in [0.5, 0.6) is 0 Å². The normalized spacial score (nSPS) is 12.7. The third kappa shape index (κ3) is 4.30. The summed E-state index contributed by atoms with van der Waals surface area (Å²) in [5.74, 6) is 0. The molecule has 0 amide bonds. The molecule has 1 N–H and O–H groups in total. The van der Waals surface area contributed by atoms with Crippen LogP contribution < -0.4 is 10.7 Å². The molecule has 1 atom stereocenters. The van der Waals surface area contributed by atoms with Crippen molar-refractivity contribution in [3.63, 3.8) is 0 Å². The molecule has 3 nitrogen and oxygen atoms in total. The van der Waals surface area contributed by atoms with Crippen molar-refractivity contribution in [2.75, 3.05) is 6.54 Å². The molecule has 0 aliphatic heterocycles. The van der Waals surface area contributed by atoms with Gasteiger partial charge in [0, 0.05) is 37.1 Å². The van der Waals surface area contributed by atoms with Gasteiger partial charge >= 0.3 is 0 Å². The number of rotatable bonds is 6. The summed E-state index contributed by atoms with van der Waals surface area (Å²) in [5.41, 5.74) is 0.0711. The molecule has 84 valence electrons. The van der Waals surface area contributed by atoms with E-state index in [1.807, 2.05) is 12.4 Å². The van der Waals surface area contributed by atoms with E-state index >= 15 is 0 Å². The molecule has 0 aliphatic rings. The fourth-order valence-electron chi connectivity index (χ4n) is 1.71. The Balaban J connectivity index is 2.56. The summed E-state index contributed by atoms with van der Waals surface area (Å²) < 4.78 is 2.06. The highest BCUT2D eigenvalue weighted by Gasteiger charge is 2.05. The molecule has 1 unspecified atom stereocenters. The molecule has 0 saturated heterocycles. The fourth-order valence-corrected chi connectivity index (χ4v) is 1.71. The van der Waals surface area contributed by atoms with Gasteiger partial charge in [0.25, 0.3) is 0 Å². The van der Waals surface area contributed by atoms with E-state index in [2.05, 4.69) is 23.7 Å². The van der Waals surface area contributed by atoms with Crippen molar-refractivity contribution in [1.29, 1.82) is 0 Å². The van der Waals surface area contributed by atoms with E-state index in [1.54, 1.807) is 12.1 Å². The molecule has 3 heteroatoms. The number of hydrogen-bond donors (Lipinski definition) is 1. The Morgan fingerprint density at radius 2 is 2.00 bits per heavy atom. The van der Waals surface area contributed by atoms with Crippen molar-refractivity contribution in [2.45, 2.75) is 39.3 Å². The number of pyridine rings is 1. The Hall–Kier alpha value is -1.09. The molecule has 0 saturated carbocycles. The van der Waals surface area contributed by atoms with Crippen molar-refractivity contribution in [3.8, 4) is 0 Å². The molecular formula is C12H20N2O. The summed E-state index contributed by atoms with van der Waals surface area (Å²) in [7, 11) is 0. The van der Waals surface area contributed by atoms with Crippen LogP contribution >= 0.6 is 0 Å². The average Bonchev–Trinajstić information content (AvgIpc) is 2.22. The Morgan fingerprint density at radius 3 is 2.53 bits per heavy atom. The van der Waals surface area contributed by atoms with Crippen LogP contribution in [0.15, 0.2) is 29.3 Å². The van der Waals surface area contributed by atoms with Crippen LogP contribution in [0.25, 0.3) is 0 Å². The minimum Gasteiger partial charge on any atom is -0.352 e. The van der Waals surface area contributed by atoms with E-state index in [4.69, 9.17) is 0 Å². The summed E-state index contributed by atoms with van der Waals surface area (Å²) in [6.07, 6.45) is 6.04.